The average molecular weight is 341 g/mol. The third kappa shape index (κ3) is 4.23. The molecule has 0 atom stereocenters. The molecule has 0 aliphatic heterocycles. The molecular formula is C14H17BrN2O3. The molecule has 0 spiro atoms. The molecule has 0 unspecified atom stereocenters. The standard InChI is InChI=1S/C14H17BrN2O3/c1-10(2)5-6-19-14(18)13-4-3-12(20-13)9-17-8-11(15)7-16-17/h3-4,7-8,10H,5-6,9H2,1-2H3. The lowest BCUT2D eigenvalue weighted by atomic mass is 10.1. The molecule has 0 fully saturated rings. The van der Waals surface area contributed by atoms with Crippen molar-refractivity contribution in [3.63, 3.8) is 0 Å². The maximum atomic E-state index is 11.8. The highest BCUT2D eigenvalue weighted by molar-refractivity contribution is 9.10. The highest BCUT2D eigenvalue weighted by Crippen LogP contribution is 2.13. The van der Waals surface area contributed by atoms with Crippen LogP contribution in [0.15, 0.2) is 33.4 Å². The Kier molecular flexibility index (Phi) is 5.00. The van der Waals surface area contributed by atoms with Crippen LogP contribution >= 0.6 is 15.9 Å². The quantitative estimate of drug-likeness (QED) is 0.755. The van der Waals surface area contributed by atoms with Crippen LogP contribution in [0.5, 0.6) is 0 Å². The van der Waals surface area contributed by atoms with Gasteiger partial charge in [0.15, 0.2) is 0 Å². The second kappa shape index (κ2) is 6.74. The van der Waals surface area contributed by atoms with Gasteiger partial charge in [-0.15, -0.1) is 0 Å². The first-order valence-corrected chi connectivity index (χ1v) is 7.27. The predicted octanol–water partition coefficient (Wildman–Crippen LogP) is 3.49. The SMILES string of the molecule is CC(C)CCOC(=O)c1ccc(Cn2cc(Br)cn2)o1. The molecule has 0 aliphatic rings. The Morgan fingerprint density at radius 1 is 1.50 bits per heavy atom. The van der Waals surface area contributed by atoms with Crippen LogP contribution in [0.2, 0.25) is 0 Å². The number of rotatable bonds is 6. The van der Waals surface area contributed by atoms with E-state index in [1.165, 1.54) is 0 Å². The van der Waals surface area contributed by atoms with Crippen LogP contribution in [0.3, 0.4) is 0 Å². The Hall–Kier alpha value is -1.56. The van der Waals surface area contributed by atoms with Gasteiger partial charge in [-0.05, 0) is 40.4 Å². The van der Waals surface area contributed by atoms with E-state index in [1.807, 2.05) is 6.20 Å². The smallest absolute Gasteiger partial charge is 0.374 e. The number of hydrogen-bond acceptors (Lipinski definition) is 4. The van der Waals surface area contributed by atoms with Crippen LogP contribution < -0.4 is 0 Å². The van der Waals surface area contributed by atoms with Crippen LogP contribution in [0.25, 0.3) is 0 Å². The number of aromatic nitrogens is 2. The van der Waals surface area contributed by atoms with Crippen molar-refractivity contribution in [1.29, 1.82) is 0 Å². The molecule has 0 amide bonds. The summed E-state index contributed by atoms with van der Waals surface area (Å²) >= 11 is 3.33. The van der Waals surface area contributed by atoms with Crippen molar-refractivity contribution in [2.24, 2.45) is 5.92 Å². The van der Waals surface area contributed by atoms with E-state index in [0.717, 1.165) is 10.9 Å². The number of halogens is 1. The van der Waals surface area contributed by atoms with Gasteiger partial charge in [-0.3, -0.25) is 4.68 Å². The summed E-state index contributed by atoms with van der Waals surface area (Å²) in [6, 6.07) is 3.39. The van der Waals surface area contributed by atoms with Crippen molar-refractivity contribution in [3.05, 3.63) is 40.5 Å². The van der Waals surface area contributed by atoms with E-state index in [9.17, 15) is 4.79 Å². The molecule has 0 radical (unpaired) electrons. The zero-order valence-corrected chi connectivity index (χ0v) is 13.1. The molecule has 2 aromatic rings. The Balaban J connectivity index is 1.89. The lowest BCUT2D eigenvalue weighted by Crippen LogP contribution is -2.07. The van der Waals surface area contributed by atoms with Gasteiger partial charge in [-0.2, -0.15) is 5.10 Å². The van der Waals surface area contributed by atoms with E-state index in [1.54, 1.807) is 23.0 Å². The topological polar surface area (TPSA) is 57.3 Å². The van der Waals surface area contributed by atoms with Crippen molar-refractivity contribution >= 4 is 21.9 Å². The molecule has 20 heavy (non-hydrogen) atoms. The third-order valence-corrected chi connectivity index (χ3v) is 3.12. The molecule has 6 heteroatoms. The maximum absolute atomic E-state index is 11.8. The van der Waals surface area contributed by atoms with Gasteiger partial charge in [0.25, 0.3) is 0 Å². The van der Waals surface area contributed by atoms with Crippen LogP contribution in [-0.4, -0.2) is 22.4 Å². The number of hydrogen-bond donors (Lipinski definition) is 0. The molecule has 0 N–H and O–H groups in total. The molecule has 0 saturated heterocycles. The summed E-state index contributed by atoms with van der Waals surface area (Å²) in [6.45, 7) is 5.06. The number of carbonyl (C=O) groups is 1. The lowest BCUT2D eigenvalue weighted by Gasteiger charge is -2.04. The number of nitrogens with zero attached hydrogens (tertiary/aromatic N) is 2. The number of esters is 1. The monoisotopic (exact) mass is 340 g/mol. The first-order chi connectivity index (χ1) is 9.54. The highest BCUT2D eigenvalue weighted by Gasteiger charge is 2.13. The Labute approximate surface area is 126 Å². The van der Waals surface area contributed by atoms with Crippen molar-refractivity contribution in [1.82, 2.24) is 9.78 Å². The minimum Gasteiger partial charge on any atom is -0.460 e. The van der Waals surface area contributed by atoms with Gasteiger partial charge in [0.1, 0.15) is 5.76 Å². The van der Waals surface area contributed by atoms with Gasteiger partial charge in [-0.1, -0.05) is 13.8 Å². The molecule has 0 bridgehead atoms. The molecule has 0 aliphatic carbocycles. The van der Waals surface area contributed by atoms with Gasteiger partial charge in [0, 0.05) is 6.20 Å². The lowest BCUT2D eigenvalue weighted by molar-refractivity contribution is 0.0449. The predicted molar refractivity (Wildman–Crippen MR) is 77.5 cm³/mol. The minimum atomic E-state index is -0.418. The molecule has 2 rings (SSSR count). The molecule has 5 nitrogen and oxygen atoms in total. The second-order valence-electron chi connectivity index (χ2n) is 4.94. The zero-order chi connectivity index (χ0) is 14.5. The normalized spacial score (nSPS) is 11.0. The van der Waals surface area contributed by atoms with E-state index in [4.69, 9.17) is 9.15 Å². The average Bonchev–Trinajstić information content (AvgIpc) is 2.99. The highest BCUT2D eigenvalue weighted by atomic mass is 79.9. The Morgan fingerprint density at radius 3 is 2.95 bits per heavy atom. The van der Waals surface area contributed by atoms with Crippen LogP contribution in [0.4, 0.5) is 0 Å². The Bertz CT molecular complexity index is 574. The Morgan fingerprint density at radius 2 is 2.30 bits per heavy atom. The van der Waals surface area contributed by atoms with Crippen molar-refractivity contribution in [3.8, 4) is 0 Å². The van der Waals surface area contributed by atoms with E-state index in [-0.39, 0.29) is 5.76 Å². The van der Waals surface area contributed by atoms with Gasteiger partial charge >= 0.3 is 5.97 Å². The van der Waals surface area contributed by atoms with Crippen LogP contribution in [0.1, 0.15) is 36.6 Å². The van der Waals surface area contributed by atoms with Gasteiger partial charge < -0.3 is 9.15 Å². The molecule has 108 valence electrons. The fourth-order valence-electron chi connectivity index (χ4n) is 1.62. The zero-order valence-electron chi connectivity index (χ0n) is 11.5. The summed E-state index contributed by atoms with van der Waals surface area (Å²) in [4.78, 5) is 11.8. The summed E-state index contributed by atoms with van der Waals surface area (Å²) < 4.78 is 13.2. The summed E-state index contributed by atoms with van der Waals surface area (Å²) in [7, 11) is 0. The summed E-state index contributed by atoms with van der Waals surface area (Å²) in [5.74, 6) is 0.984. The summed E-state index contributed by atoms with van der Waals surface area (Å²) in [6.07, 6.45) is 4.38. The van der Waals surface area contributed by atoms with E-state index in [0.29, 0.717) is 24.8 Å². The van der Waals surface area contributed by atoms with E-state index in [2.05, 4.69) is 34.9 Å². The fourth-order valence-corrected chi connectivity index (χ4v) is 1.94. The fraction of sp³-hybridized carbons (Fsp3) is 0.429. The molecule has 2 heterocycles. The van der Waals surface area contributed by atoms with Crippen LogP contribution in [0, 0.1) is 5.92 Å². The maximum Gasteiger partial charge on any atom is 0.374 e. The number of furan rings is 1. The molecule has 2 aromatic heterocycles. The second-order valence-corrected chi connectivity index (χ2v) is 5.86. The molecule has 0 aromatic carbocycles. The summed E-state index contributed by atoms with van der Waals surface area (Å²) in [5.41, 5.74) is 0. The van der Waals surface area contributed by atoms with Crippen molar-refractivity contribution in [2.75, 3.05) is 6.61 Å². The van der Waals surface area contributed by atoms with Crippen molar-refractivity contribution in [2.45, 2.75) is 26.8 Å². The van der Waals surface area contributed by atoms with Crippen molar-refractivity contribution < 1.29 is 13.9 Å². The first kappa shape index (κ1) is 14.8. The number of carbonyl (C=O) groups excluding carboxylic acids is 1. The van der Waals surface area contributed by atoms with Gasteiger partial charge in [0.2, 0.25) is 5.76 Å². The first-order valence-electron chi connectivity index (χ1n) is 6.48. The summed E-state index contributed by atoms with van der Waals surface area (Å²) in [5, 5.41) is 4.13. The van der Waals surface area contributed by atoms with E-state index < -0.39 is 5.97 Å². The minimum absolute atomic E-state index is 0.231. The van der Waals surface area contributed by atoms with E-state index >= 15 is 0 Å². The third-order valence-electron chi connectivity index (χ3n) is 2.71. The number of ether oxygens (including phenoxy) is 1. The largest absolute Gasteiger partial charge is 0.460 e. The molecule has 0 saturated carbocycles. The van der Waals surface area contributed by atoms with Crippen LogP contribution in [-0.2, 0) is 11.3 Å². The molecular weight excluding hydrogens is 324 g/mol. The van der Waals surface area contributed by atoms with Gasteiger partial charge in [-0.25, -0.2) is 4.79 Å². The van der Waals surface area contributed by atoms with Gasteiger partial charge in [0.05, 0.1) is 23.8 Å².